The van der Waals surface area contributed by atoms with Crippen LogP contribution in [0.15, 0.2) is 18.2 Å². The maximum absolute atomic E-state index is 13.5. The molecule has 0 amide bonds. The fraction of sp³-hybridized carbons (Fsp3) is 0.500. The van der Waals surface area contributed by atoms with Gasteiger partial charge in [0.1, 0.15) is 0 Å². The maximum atomic E-state index is 13.5. The molecule has 0 heterocycles. The van der Waals surface area contributed by atoms with Crippen molar-refractivity contribution < 1.29 is 18.7 Å². The van der Waals surface area contributed by atoms with E-state index in [1.54, 1.807) is 13.0 Å². The van der Waals surface area contributed by atoms with Gasteiger partial charge >= 0.3 is 5.97 Å². The van der Waals surface area contributed by atoms with Crippen LogP contribution < -0.4 is 4.74 Å². The third-order valence-corrected chi connectivity index (χ3v) is 2.67. The minimum Gasteiger partial charge on any atom is -0.494 e. The van der Waals surface area contributed by atoms with Crippen LogP contribution in [-0.2, 0) is 16.1 Å². The fourth-order valence-corrected chi connectivity index (χ4v) is 1.71. The fourth-order valence-electron chi connectivity index (χ4n) is 1.71. The number of hydrogen-bond donors (Lipinski definition) is 0. The van der Waals surface area contributed by atoms with Crippen molar-refractivity contribution >= 4 is 5.97 Å². The van der Waals surface area contributed by atoms with E-state index in [0.29, 0.717) is 26.1 Å². The van der Waals surface area contributed by atoms with Gasteiger partial charge in [-0.15, -0.1) is 0 Å². The molecule has 0 bridgehead atoms. The molecular weight excluding hydrogens is 249 g/mol. The van der Waals surface area contributed by atoms with Gasteiger partial charge in [0.2, 0.25) is 0 Å². The lowest BCUT2D eigenvalue weighted by molar-refractivity contribution is -0.143. The zero-order valence-corrected chi connectivity index (χ0v) is 11.6. The molecule has 5 heteroatoms. The van der Waals surface area contributed by atoms with Gasteiger partial charge < -0.3 is 14.4 Å². The number of carbonyl (C=O) groups is 1. The second-order valence-electron chi connectivity index (χ2n) is 4.26. The van der Waals surface area contributed by atoms with Gasteiger partial charge in [-0.25, -0.2) is 4.39 Å². The van der Waals surface area contributed by atoms with E-state index in [1.165, 1.54) is 13.2 Å². The van der Waals surface area contributed by atoms with Crippen LogP contribution in [0.2, 0.25) is 0 Å². The summed E-state index contributed by atoms with van der Waals surface area (Å²) in [4.78, 5) is 13.2. The monoisotopic (exact) mass is 269 g/mol. The Kier molecular flexibility index (Phi) is 6.29. The van der Waals surface area contributed by atoms with Gasteiger partial charge in [-0.05, 0) is 31.7 Å². The molecule has 0 aromatic heterocycles. The largest absolute Gasteiger partial charge is 0.494 e. The Morgan fingerprint density at radius 3 is 2.74 bits per heavy atom. The summed E-state index contributed by atoms with van der Waals surface area (Å²) in [6.07, 6.45) is 0.336. The van der Waals surface area contributed by atoms with E-state index in [4.69, 9.17) is 9.47 Å². The number of halogens is 1. The number of esters is 1. The molecule has 4 nitrogen and oxygen atoms in total. The molecule has 0 aliphatic heterocycles. The van der Waals surface area contributed by atoms with Crippen LogP contribution in [0, 0.1) is 5.82 Å². The molecule has 1 aromatic carbocycles. The molecule has 0 aliphatic carbocycles. The Labute approximate surface area is 113 Å². The molecule has 0 unspecified atom stereocenters. The smallest absolute Gasteiger partial charge is 0.307 e. The highest BCUT2D eigenvalue weighted by atomic mass is 19.1. The van der Waals surface area contributed by atoms with Gasteiger partial charge in [-0.3, -0.25) is 4.79 Å². The van der Waals surface area contributed by atoms with Crippen molar-refractivity contribution in [1.82, 2.24) is 4.90 Å². The number of ether oxygens (including phenoxy) is 2. The lowest BCUT2D eigenvalue weighted by Gasteiger charge is -2.16. The number of hydrogen-bond acceptors (Lipinski definition) is 4. The highest BCUT2D eigenvalue weighted by Crippen LogP contribution is 2.18. The van der Waals surface area contributed by atoms with Crippen LogP contribution in [0.25, 0.3) is 0 Å². The SMILES string of the molecule is CCOC(=O)CCN(C)Cc1ccc(OC)c(F)c1. The molecule has 1 rings (SSSR count). The highest BCUT2D eigenvalue weighted by Gasteiger charge is 2.08. The van der Waals surface area contributed by atoms with E-state index in [1.807, 2.05) is 18.0 Å². The van der Waals surface area contributed by atoms with Crippen molar-refractivity contribution in [2.75, 3.05) is 27.3 Å². The average Bonchev–Trinajstić information content (AvgIpc) is 2.37. The minimum absolute atomic E-state index is 0.213. The van der Waals surface area contributed by atoms with Crippen molar-refractivity contribution in [2.24, 2.45) is 0 Å². The minimum atomic E-state index is -0.376. The van der Waals surface area contributed by atoms with Gasteiger partial charge in [-0.1, -0.05) is 6.07 Å². The summed E-state index contributed by atoms with van der Waals surface area (Å²) in [5, 5.41) is 0. The first-order chi connectivity index (χ1) is 9.06. The number of nitrogens with zero attached hydrogens (tertiary/aromatic N) is 1. The third-order valence-electron chi connectivity index (χ3n) is 2.67. The summed E-state index contributed by atoms with van der Waals surface area (Å²) in [7, 11) is 3.31. The standard InChI is InChI=1S/C14H20FNO3/c1-4-19-14(17)7-8-16(2)10-11-5-6-13(18-3)12(15)9-11/h5-6,9H,4,7-8,10H2,1-3H3. The van der Waals surface area contributed by atoms with Crippen LogP contribution in [0.4, 0.5) is 4.39 Å². The van der Waals surface area contributed by atoms with Crippen LogP contribution >= 0.6 is 0 Å². The lowest BCUT2D eigenvalue weighted by atomic mass is 10.2. The van der Waals surface area contributed by atoms with Crippen LogP contribution in [0.3, 0.4) is 0 Å². The van der Waals surface area contributed by atoms with Crippen molar-refractivity contribution in [3.8, 4) is 5.75 Å². The Morgan fingerprint density at radius 1 is 1.42 bits per heavy atom. The van der Waals surface area contributed by atoms with E-state index in [9.17, 15) is 9.18 Å². The first-order valence-corrected chi connectivity index (χ1v) is 6.23. The predicted molar refractivity (Wildman–Crippen MR) is 70.5 cm³/mol. The molecular formula is C14H20FNO3. The first kappa shape index (κ1) is 15.4. The zero-order valence-electron chi connectivity index (χ0n) is 11.6. The molecule has 0 aliphatic rings. The van der Waals surface area contributed by atoms with E-state index in [2.05, 4.69) is 0 Å². The van der Waals surface area contributed by atoms with Gasteiger partial charge in [0, 0.05) is 13.1 Å². The van der Waals surface area contributed by atoms with Crippen molar-refractivity contribution in [3.63, 3.8) is 0 Å². The van der Waals surface area contributed by atoms with Gasteiger partial charge in [0.15, 0.2) is 11.6 Å². The quantitative estimate of drug-likeness (QED) is 0.711. The highest BCUT2D eigenvalue weighted by molar-refractivity contribution is 5.69. The molecule has 0 N–H and O–H groups in total. The van der Waals surface area contributed by atoms with E-state index < -0.39 is 0 Å². The Balaban J connectivity index is 2.46. The van der Waals surface area contributed by atoms with Gasteiger partial charge in [0.25, 0.3) is 0 Å². The molecule has 0 atom stereocenters. The van der Waals surface area contributed by atoms with E-state index in [0.717, 1.165) is 5.56 Å². The second kappa shape index (κ2) is 7.74. The summed E-state index contributed by atoms with van der Waals surface area (Å²) in [6.45, 7) is 3.32. The average molecular weight is 269 g/mol. The zero-order chi connectivity index (χ0) is 14.3. The molecule has 0 spiro atoms. The molecule has 106 valence electrons. The number of carbonyl (C=O) groups excluding carboxylic acids is 1. The molecule has 0 saturated carbocycles. The Morgan fingerprint density at radius 2 is 2.16 bits per heavy atom. The summed E-state index contributed by atoms with van der Waals surface area (Å²) in [6, 6.07) is 4.85. The van der Waals surface area contributed by atoms with E-state index in [-0.39, 0.29) is 17.5 Å². The van der Waals surface area contributed by atoms with Crippen molar-refractivity contribution in [3.05, 3.63) is 29.6 Å². The third kappa shape index (κ3) is 5.26. The summed E-state index contributed by atoms with van der Waals surface area (Å²) in [5.41, 5.74) is 0.838. The van der Waals surface area contributed by atoms with Crippen molar-refractivity contribution in [2.45, 2.75) is 19.9 Å². The van der Waals surface area contributed by atoms with E-state index >= 15 is 0 Å². The number of methoxy groups -OCH3 is 1. The van der Waals surface area contributed by atoms with Gasteiger partial charge in [-0.2, -0.15) is 0 Å². The lowest BCUT2D eigenvalue weighted by Crippen LogP contribution is -2.22. The topological polar surface area (TPSA) is 38.8 Å². The number of rotatable bonds is 7. The van der Waals surface area contributed by atoms with Gasteiger partial charge in [0.05, 0.1) is 20.1 Å². The maximum Gasteiger partial charge on any atom is 0.307 e. The van der Waals surface area contributed by atoms with Crippen LogP contribution in [0.5, 0.6) is 5.75 Å². The van der Waals surface area contributed by atoms with Crippen LogP contribution in [0.1, 0.15) is 18.9 Å². The molecule has 0 saturated heterocycles. The second-order valence-corrected chi connectivity index (χ2v) is 4.26. The molecule has 1 aromatic rings. The summed E-state index contributed by atoms with van der Waals surface area (Å²) in [5.74, 6) is -0.355. The Hall–Kier alpha value is -1.62. The number of benzene rings is 1. The molecule has 0 radical (unpaired) electrons. The molecule has 0 fully saturated rings. The predicted octanol–water partition coefficient (Wildman–Crippen LogP) is 2.22. The van der Waals surface area contributed by atoms with Crippen LogP contribution in [-0.4, -0.2) is 38.2 Å². The first-order valence-electron chi connectivity index (χ1n) is 6.23. The normalized spacial score (nSPS) is 10.6. The summed E-state index contributed by atoms with van der Waals surface area (Å²) >= 11 is 0. The Bertz CT molecular complexity index is 423. The summed E-state index contributed by atoms with van der Waals surface area (Å²) < 4.78 is 23.2. The van der Waals surface area contributed by atoms with Crippen molar-refractivity contribution in [1.29, 1.82) is 0 Å². The molecule has 19 heavy (non-hydrogen) atoms.